The number of nitrogens with zero attached hydrogens (tertiary/aromatic N) is 1. The standard InChI is InChI=1S/C19H20N2O5.C4H11N/c1-4-13-14-9-16(25-2)17(26-3)10-15(14)18(20-19(13)22)11-5-7-12(8-6-11)21(23)24;1-3-5-4-2/h5-10,13,18H,4H2,1-3H3,(H,20,22);5H,3-4H2,1-2H3. The fraction of sp³-hybridized carbons (Fsp3) is 0.435. The molecule has 1 amide bonds. The van der Waals surface area contributed by atoms with E-state index in [-0.39, 0.29) is 17.5 Å². The van der Waals surface area contributed by atoms with Crippen LogP contribution in [0.3, 0.4) is 0 Å². The van der Waals surface area contributed by atoms with Crippen molar-refractivity contribution in [2.75, 3.05) is 27.3 Å². The molecule has 0 aliphatic carbocycles. The lowest BCUT2D eigenvalue weighted by molar-refractivity contribution is -0.384. The molecule has 0 bridgehead atoms. The Hall–Kier alpha value is -3.13. The zero-order chi connectivity index (χ0) is 23.0. The van der Waals surface area contributed by atoms with Crippen LogP contribution in [0.25, 0.3) is 0 Å². The number of carbonyl (C=O) groups is 1. The van der Waals surface area contributed by atoms with Gasteiger partial charge in [0.25, 0.3) is 5.69 Å². The lowest BCUT2D eigenvalue weighted by Gasteiger charge is -2.32. The van der Waals surface area contributed by atoms with Gasteiger partial charge >= 0.3 is 0 Å². The third-order valence-corrected chi connectivity index (χ3v) is 5.22. The quantitative estimate of drug-likeness (QED) is 0.510. The van der Waals surface area contributed by atoms with Crippen molar-refractivity contribution >= 4 is 11.6 Å². The smallest absolute Gasteiger partial charge is 0.269 e. The molecule has 31 heavy (non-hydrogen) atoms. The van der Waals surface area contributed by atoms with Crippen LogP contribution in [0.1, 0.15) is 55.8 Å². The Labute approximate surface area is 183 Å². The van der Waals surface area contributed by atoms with Crippen LogP contribution in [0.2, 0.25) is 0 Å². The number of nitro groups is 1. The van der Waals surface area contributed by atoms with Gasteiger partial charge in [-0.15, -0.1) is 0 Å². The van der Waals surface area contributed by atoms with Gasteiger partial charge in [0.15, 0.2) is 11.5 Å². The van der Waals surface area contributed by atoms with E-state index >= 15 is 0 Å². The highest BCUT2D eigenvalue weighted by atomic mass is 16.6. The third-order valence-electron chi connectivity index (χ3n) is 5.22. The summed E-state index contributed by atoms with van der Waals surface area (Å²) in [6.07, 6.45) is 0.654. The summed E-state index contributed by atoms with van der Waals surface area (Å²) in [5, 5.41) is 17.0. The van der Waals surface area contributed by atoms with E-state index < -0.39 is 11.0 Å². The van der Waals surface area contributed by atoms with Crippen molar-refractivity contribution in [1.29, 1.82) is 0 Å². The van der Waals surface area contributed by atoms with Gasteiger partial charge in [-0.1, -0.05) is 20.8 Å². The van der Waals surface area contributed by atoms with Crippen LogP contribution in [0.4, 0.5) is 5.69 Å². The molecule has 2 N–H and O–H groups in total. The SMILES string of the molecule is CCC1C(=O)NC(c2ccc([N+](=O)[O-])cc2)c2cc(OC)c(OC)cc21.CCNCC. The van der Waals surface area contributed by atoms with Crippen LogP contribution in [-0.4, -0.2) is 38.1 Å². The molecule has 0 saturated carbocycles. The topological polar surface area (TPSA) is 103 Å². The Bertz CT molecular complexity index is 897. The number of carbonyl (C=O) groups excluding carboxylic acids is 1. The number of rotatable bonds is 7. The van der Waals surface area contributed by atoms with Crippen molar-refractivity contribution in [2.24, 2.45) is 0 Å². The lowest BCUT2D eigenvalue weighted by atomic mass is 9.82. The van der Waals surface area contributed by atoms with E-state index in [0.29, 0.717) is 17.9 Å². The Kier molecular flexibility index (Phi) is 8.81. The zero-order valence-electron chi connectivity index (χ0n) is 18.7. The molecule has 2 aromatic carbocycles. The highest BCUT2D eigenvalue weighted by Crippen LogP contribution is 2.42. The molecule has 1 heterocycles. The average Bonchev–Trinajstić information content (AvgIpc) is 2.78. The van der Waals surface area contributed by atoms with Gasteiger partial charge in [0, 0.05) is 12.1 Å². The summed E-state index contributed by atoms with van der Waals surface area (Å²) in [6.45, 7) is 8.34. The maximum atomic E-state index is 12.6. The summed E-state index contributed by atoms with van der Waals surface area (Å²) in [4.78, 5) is 23.0. The van der Waals surface area contributed by atoms with Gasteiger partial charge in [-0.3, -0.25) is 14.9 Å². The van der Waals surface area contributed by atoms with Crippen LogP contribution in [0.15, 0.2) is 36.4 Å². The van der Waals surface area contributed by atoms with Gasteiger partial charge in [0.1, 0.15) is 0 Å². The average molecular weight is 430 g/mol. The molecule has 8 heteroatoms. The first-order chi connectivity index (χ1) is 14.9. The number of amides is 1. The molecule has 1 aliphatic rings. The van der Waals surface area contributed by atoms with E-state index in [9.17, 15) is 14.9 Å². The van der Waals surface area contributed by atoms with Gasteiger partial charge in [-0.05, 0) is 60.5 Å². The third kappa shape index (κ3) is 5.52. The van der Waals surface area contributed by atoms with Crippen molar-refractivity contribution in [3.8, 4) is 11.5 Å². The van der Waals surface area contributed by atoms with Gasteiger partial charge < -0.3 is 20.1 Å². The predicted octanol–water partition coefficient (Wildman–Crippen LogP) is 3.94. The highest BCUT2D eigenvalue weighted by Gasteiger charge is 2.34. The number of non-ortho nitro benzene ring substituents is 1. The van der Waals surface area contributed by atoms with Crippen LogP contribution in [0, 0.1) is 10.1 Å². The van der Waals surface area contributed by atoms with E-state index in [1.165, 1.54) is 12.1 Å². The normalized spacial score (nSPS) is 17.0. The summed E-state index contributed by atoms with van der Waals surface area (Å²) in [5.41, 5.74) is 2.57. The Balaban J connectivity index is 0.000000614. The van der Waals surface area contributed by atoms with Crippen molar-refractivity contribution in [3.63, 3.8) is 0 Å². The number of fused-ring (bicyclic) bond motifs is 1. The molecule has 2 atom stereocenters. The molecular weight excluding hydrogens is 398 g/mol. The van der Waals surface area contributed by atoms with Crippen LogP contribution < -0.4 is 20.1 Å². The van der Waals surface area contributed by atoms with Gasteiger partial charge in [0.2, 0.25) is 5.91 Å². The Morgan fingerprint density at radius 2 is 1.55 bits per heavy atom. The molecule has 3 rings (SSSR count). The van der Waals surface area contributed by atoms with E-state index in [1.807, 2.05) is 19.1 Å². The Morgan fingerprint density at radius 1 is 1.00 bits per heavy atom. The van der Waals surface area contributed by atoms with Gasteiger partial charge in [0.05, 0.1) is 31.1 Å². The first kappa shape index (κ1) is 24.1. The minimum Gasteiger partial charge on any atom is -0.493 e. The largest absolute Gasteiger partial charge is 0.493 e. The van der Waals surface area contributed by atoms with E-state index in [1.54, 1.807) is 26.4 Å². The van der Waals surface area contributed by atoms with Crippen molar-refractivity contribution in [2.45, 2.75) is 39.2 Å². The van der Waals surface area contributed by atoms with Gasteiger partial charge in [-0.2, -0.15) is 0 Å². The van der Waals surface area contributed by atoms with E-state index in [4.69, 9.17) is 9.47 Å². The number of methoxy groups -OCH3 is 2. The molecule has 2 aromatic rings. The predicted molar refractivity (Wildman–Crippen MR) is 120 cm³/mol. The number of hydrogen-bond acceptors (Lipinski definition) is 6. The first-order valence-corrected chi connectivity index (χ1v) is 10.4. The maximum absolute atomic E-state index is 12.6. The van der Waals surface area contributed by atoms with Crippen LogP contribution in [0.5, 0.6) is 11.5 Å². The number of benzene rings is 2. The summed E-state index contributed by atoms with van der Waals surface area (Å²) in [7, 11) is 3.12. The number of hydrogen-bond donors (Lipinski definition) is 2. The van der Waals surface area contributed by atoms with Crippen molar-refractivity contribution in [1.82, 2.24) is 10.6 Å². The molecular formula is C23H31N3O5. The summed E-state index contributed by atoms with van der Waals surface area (Å²) in [6, 6.07) is 9.51. The summed E-state index contributed by atoms with van der Waals surface area (Å²) >= 11 is 0. The summed E-state index contributed by atoms with van der Waals surface area (Å²) in [5.74, 6) is 0.792. The molecule has 168 valence electrons. The fourth-order valence-electron chi connectivity index (χ4n) is 3.63. The number of nitro benzene ring substituents is 1. The minimum absolute atomic E-state index is 0.00913. The second-order valence-corrected chi connectivity index (χ2v) is 7.04. The highest BCUT2D eigenvalue weighted by molar-refractivity contribution is 5.87. The Morgan fingerprint density at radius 3 is 1.97 bits per heavy atom. The van der Waals surface area contributed by atoms with E-state index in [0.717, 1.165) is 29.8 Å². The molecule has 1 aliphatic heterocycles. The molecule has 0 radical (unpaired) electrons. The second kappa shape index (κ2) is 11.3. The number of nitrogens with one attached hydrogen (secondary N) is 2. The second-order valence-electron chi connectivity index (χ2n) is 7.04. The maximum Gasteiger partial charge on any atom is 0.269 e. The van der Waals surface area contributed by atoms with Crippen LogP contribution in [-0.2, 0) is 4.79 Å². The molecule has 0 spiro atoms. The monoisotopic (exact) mass is 429 g/mol. The van der Waals surface area contributed by atoms with Crippen molar-refractivity contribution in [3.05, 3.63) is 63.2 Å². The van der Waals surface area contributed by atoms with Crippen molar-refractivity contribution < 1.29 is 19.2 Å². The molecule has 2 unspecified atom stereocenters. The van der Waals surface area contributed by atoms with Gasteiger partial charge in [-0.25, -0.2) is 0 Å². The molecule has 0 saturated heterocycles. The molecule has 0 aromatic heterocycles. The molecule has 8 nitrogen and oxygen atoms in total. The number of ether oxygens (including phenoxy) is 2. The fourth-order valence-corrected chi connectivity index (χ4v) is 3.63. The van der Waals surface area contributed by atoms with E-state index in [2.05, 4.69) is 24.5 Å². The summed E-state index contributed by atoms with van der Waals surface area (Å²) < 4.78 is 10.8. The minimum atomic E-state index is -0.446. The lowest BCUT2D eigenvalue weighted by Crippen LogP contribution is -2.39. The van der Waals surface area contributed by atoms with Crippen LogP contribution >= 0.6 is 0 Å². The zero-order valence-corrected chi connectivity index (χ0v) is 18.7. The first-order valence-electron chi connectivity index (χ1n) is 10.4. The molecule has 0 fully saturated rings.